The highest BCUT2D eigenvalue weighted by molar-refractivity contribution is 7.15. The quantitative estimate of drug-likeness (QED) is 0.574. The molecule has 2 N–H and O–H groups in total. The van der Waals surface area contributed by atoms with Gasteiger partial charge < -0.3 is 0 Å². The van der Waals surface area contributed by atoms with Crippen molar-refractivity contribution in [3.63, 3.8) is 0 Å². The Labute approximate surface area is 149 Å². The van der Waals surface area contributed by atoms with Crippen molar-refractivity contribution >= 4 is 39.8 Å². The maximum absolute atomic E-state index is 12.1. The Morgan fingerprint density at radius 2 is 2.00 bits per heavy atom. The molecule has 8 nitrogen and oxygen atoms in total. The lowest BCUT2D eigenvalue weighted by atomic mass is 10.2. The molecule has 0 radical (unpaired) electrons. The number of amides is 1. The molecule has 0 saturated heterocycles. The molecular formula is C15H9ClN6O2S. The van der Waals surface area contributed by atoms with Crippen molar-refractivity contribution in [1.82, 2.24) is 24.8 Å². The summed E-state index contributed by atoms with van der Waals surface area (Å²) in [6.45, 7) is 0. The van der Waals surface area contributed by atoms with E-state index in [0.29, 0.717) is 9.98 Å². The molecule has 4 aromatic rings. The van der Waals surface area contributed by atoms with Crippen LogP contribution in [0.3, 0.4) is 0 Å². The SMILES string of the molecule is O=C(Nc1nc2scc(-c3ccc(Cl)cc3)n2n1)c1ccc(=O)[nH]n1. The van der Waals surface area contributed by atoms with Gasteiger partial charge in [-0.15, -0.1) is 16.4 Å². The van der Waals surface area contributed by atoms with Crippen LogP contribution in [-0.2, 0) is 0 Å². The summed E-state index contributed by atoms with van der Waals surface area (Å²) in [5.74, 6) is -0.359. The molecule has 1 aromatic carbocycles. The van der Waals surface area contributed by atoms with E-state index in [1.165, 1.54) is 23.5 Å². The molecule has 0 saturated carbocycles. The maximum atomic E-state index is 12.1. The van der Waals surface area contributed by atoms with Gasteiger partial charge in [-0.2, -0.15) is 10.1 Å². The normalized spacial score (nSPS) is 10.9. The number of thiazole rings is 1. The number of H-pyrrole nitrogens is 1. The van der Waals surface area contributed by atoms with Gasteiger partial charge >= 0.3 is 0 Å². The number of nitrogens with zero attached hydrogens (tertiary/aromatic N) is 4. The Kier molecular flexibility index (Phi) is 3.79. The van der Waals surface area contributed by atoms with Crippen molar-refractivity contribution in [2.24, 2.45) is 0 Å². The highest BCUT2D eigenvalue weighted by Crippen LogP contribution is 2.26. The van der Waals surface area contributed by atoms with Crippen molar-refractivity contribution in [3.05, 3.63) is 62.8 Å². The number of hydrogen-bond donors (Lipinski definition) is 2. The second-order valence-electron chi connectivity index (χ2n) is 5.02. The molecule has 25 heavy (non-hydrogen) atoms. The molecule has 0 aliphatic carbocycles. The minimum absolute atomic E-state index is 0.0654. The van der Waals surface area contributed by atoms with E-state index in [1.807, 2.05) is 17.5 Å². The molecule has 0 fully saturated rings. The van der Waals surface area contributed by atoms with Gasteiger partial charge in [-0.25, -0.2) is 9.61 Å². The Morgan fingerprint density at radius 1 is 1.20 bits per heavy atom. The molecule has 4 rings (SSSR count). The molecule has 0 atom stereocenters. The molecule has 0 bridgehead atoms. The van der Waals surface area contributed by atoms with E-state index < -0.39 is 5.91 Å². The average Bonchev–Trinajstić information content (AvgIpc) is 3.16. The van der Waals surface area contributed by atoms with Gasteiger partial charge in [0.1, 0.15) is 5.69 Å². The van der Waals surface area contributed by atoms with Gasteiger partial charge in [0.25, 0.3) is 17.4 Å². The first-order valence-electron chi connectivity index (χ1n) is 7.07. The molecule has 0 aliphatic rings. The molecular weight excluding hydrogens is 364 g/mol. The number of aromatic nitrogens is 5. The van der Waals surface area contributed by atoms with Gasteiger partial charge in [-0.1, -0.05) is 23.7 Å². The lowest BCUT2D eigenvalue weighted by Crippen LogP contribution is -2.18. The van der Waals surface area contributed by atoms with E-state index >= 15 is 0 Å². The molecule has 0 aliphatic heterocycles. The number of carbonyl (C=O) groups is 1. The topological polar surface area (TPSA) is 105 Å². The first-order chi connectivity index (χ1) is 12.1. The van der Waals surface area contributed by atoms with E-state index in [-0.39, 0.29) is 17.2 Å². The van der Waals surface area contributed by atoms with Crippen LogP contribution in [0.15, 0.2) is 46.6 Å². The smallest absolute Gasteiger partial charge is 0.278 e. The monoisotopic (exact) mass is 372 g/mol. The minimum Gasteiger partial charge on any atom is -0.288 e. The summed E-state index contributed by atoms with van der Waals surface area (Å²) >= 11 is 7.31. The van der Waals surface area contributed by atoms with Crippen molar-refractivity contribution in [3.8, 4) is 11.3 Å². The van der Waals surface area contributed by atoms with Crippen LogP contribution in [0.4, 0.5) is 5.95 Å². The van der Waals surface area contributed by atoms with Crippen molar-refractivity contribution < 1.29 is 4.79 Å². The number of anilines is 1. The van der Waals surface area contributed by atoms with E-state index in [4.69, 9.17) is 11.6 Å². The van der Waals surface area contributed by atoms with Crippen LogP contribution in [0.1, 0.15) is 10.5 Å². The van der Waals surface area contributed by atoms with E-state index in [9.17, 15) is 9.59 Å². The molecule has 0 spiro atoms. The number of fused-ring (bicyclic) bond motifs is 1. The zero-order valence-corrected chi connectivity index (χ0v) is 14.0. The average molecular weight is 373 g/mol. The Hall–Kier alpha value is -3.04. The highest BCUT2D eigenvalue weighted by atomic mass is 35.5. The van der Waals surface area contributed by atoms with Crippen LogP contribution in [0.5, 0.6) is 0 Å². The van der Waals surface area contributed by atoms with Gasteiger partial charge in [-0.3, -0.25) is 14.9 Å². The lowest BCUT2D eigenvalue weighted by molar-refractivity contribution is 0.102. The first kappa shape index (κ1) is 15.5. The van der Waals surface area contributed by atoms with E-state index in [0.717, 1.165) is 11.3 Å². The molecule has 3 aromatic heterocycles. The van der Waals surface area contributed by atoms with Gasteiger partial charge in [0.05, 0.1) is 5.69 Å². The number of benzene rings is 1. The van der Waals surface area contributed by atoms with Crippen LogP contribution in [0.2, 0.25) is 5.02 Å². The third-order valence-corrected chi connectivity index (χ3v) is 4.43. The van der Waals surface area contributed by atoms with Crippen LogP contribution in [-0.4, -0.2) is 30.7 Å². The van der Waals surface area contributed by atoms with Crippen LogP contribution >= 0.6 is 22.9 Å². The fourth-order valence-corrected chi connectivity index (χ4v) is 3.15. The predicted octanol–water partition coefficient (Wildman–Crippen LogP) is 2.45. The number of nitrogens with one attached hydrogen (secondary N) is 2. The summed E-state index contributed by atoms with van der Waals surface area (Å²) in [4.78, 5) is 28.0. The summed E-state index contributed by atoms with van der Waals surface area (Å²) in [5.41, 5.74) is 1.45. The number of rotatable bonds is 3. The Balaban J connectivity index is 1.63. The first-order valence-corrected chi connectivity index (χ1v) is 8.33. The lowest BCUT2D eigenvalue weighted by Gasteiger charge is -2.00. The van der Waals surface area contributed by atoms with Crippen LogP contribution < -0.4 is 10.9 Å². The summed E-state index contributed by atoms with van der Waals surface area (Å²) in [7, 11) is 0. The summed E-state index contributed by atoms with van der Waals surface area (Å²) in [6.07, 6.45) is 0. The fourth-order valence-electron chi connectivity index (χ4n) is 2.19. The van der Waals surface area contributed by atoms with Crippen molar-refractivity contribution in [2.75, 3.05) is 5.32 Å². The third-order valence-electron chi connectivity index (χ3n) is 3.36. The summed E-state index contributed by atoms with van der Waals surface area (Å²) < 4.78 is 1.64. The highest BCUT2D eigenvalue weighted by Gasteiger charge is 2.15. The van der Waals surface area contributed by atoms with Gasteiger partial charge in [0.15, 0.2) is 0 Å². The zero-order chi connectivity index (χ0) is 17.4. The van der Waals surface area contributed by atoms with Crippen molar-refractivity contribution in [1.29, 1.82) is 0 Å². The largest absolute Gasteiger partial charge is 0.288 e. The molecule has 1 amide bonds. The van der Waals surface area contributed by atoms with Gasteiger partial charge in [0, 0.05) is 22.0 Å². The zero-order valence-electron chi connectivity index (χ0n) is 12.4. The Morgan fingerprint density at radius 3 is 2.72 bits per heavy atom. The predicted molar refractivity (Wildman–Crippen MR) is 94.1 cm³/mol. The minimum atomic E-state index is -0.512. The second-order valence-corrected chi connectivity index (χ2v) is 6.29. The molecule has 124 valence electrons. The number of halogens is 1. The Bertz CT molecular complexity index is 1110. The van der Waals surface area contributed by atoms with E-state index in [2.05, 4.69) is 25.6 Å². The number of carbonyl (C=O) groups excluding carboxylic acids is 1. The molecule has 10 heteroatoms. The number of hydrogen-bond acceptors (Lipinski definition) is 6. The molecule has 3 heterocycles. The number of aromatic amines is 1. The summed E-state index contributed by atoms with van der Waals surface area (Å²) in [6, 6.07) is 9.90. The van der Waals surface area contributed by atoms with E-state index in [1.54, 1.807) is 16.6 Å². The van der Waals surface area contributed by atoms with Crippen LogP contribution in [0.25, 0.3) is 16.2 Å². The third kappa shape index (κ3) is 3.02. The van der Waals surface area contributed by atoms with Gasteiger partial charge in [0.2, 0.25) is 4.96 Å². The maximum Gasteiger partial charge on any atom is 0.278 e. The van der Waals surface area contributed by atoms with Crippen molar-refractivity contribution in [2.45, 2.75) is 0 Å². The molecule has 0 unspecified atom stereocenters. The standard InChI is InChI=1S/C15H9ClN6O2S/c16-9-3-1-8(2-4-9)11-7-25-15-18-14(21-22(11)15)17-13(24)10-5-6-12(23)20-19-10/h1-7H,(H,20,23)(H,17,21,24). The second kappa shape index (κ2) is 6.11. The summed E-state index contributed by atoms with van der Waals surface area (Å²) in [5, 5.41) is 15.3. The van der Waals surface area contributed by atoms with Gasteiger partial charge in [-0.05, 0) is 18.2 Å². The van der Waals surface area contributed by atoms with Crippen LogP contribution in [0, 0.1) is 0 Å². The fraction of sp³-hybridized carbons (Fsp3) is 0.